The monoisotopic (exact) mass is 562 g/mol. The van der Waals surface area contributed by atoms with Crippen LogP contribution in [0.4, 0.5) is 5.82 Å². The fraction of sp³-hybridized carbons (Fsp3) is 0.129. The first kappa shape index (κ1) is 29.4. The van der Waals surface area contributed by atoms with Gasteiger partial charge in [-0.2, -0.15) is 0 Å². The number of imide groups is 2. The molecule has 11 heteroatoms. The zero-order valence-electron chi connectivity index (χ0n) is 22.6. The Morgan fingerprint density at radius 1 is 0.667 bits per heavy atom. The summed E-state index contributed by atoms with van der Waals surface area (Å²) in [6, 6.07) is 20.5. The number of hydrogen-bond acceptors (Lipinski definition) is 8. The standard InChI is InChI=1S/C15H9N3O2.C15H13N3O2.CH4O/c1-16-13-10(5-4-8-17-13)9-18-14(19)11-6-2-3-7-12(11)15(18)20;16-8-13-10(4-3-7-17-13)9-18-14(19)11-5-1-2-6-12(11)15(18)20;1-2/h2-8H,9H2;1-7H,8-9,16H2;2H,1H3. The van der Waals surface area contributed by atoms with Crippen molar-refractivity contribution in [2.45, 2.75) is 19.6 Å². The molecule has 2 aromatic heterocycles. The van der Waals surface area contributed by atoms with Crippen molar-refractivity contribution in [3.8, 4) is 0 Å². The molecule has 2 aromatic carbocycles. The van der Waals surface area contributed by atoms with Crippen LogP contribution >= 0.6 is 0 Å². The van der Waals surface area contributed by atoms with E-state index in [4.69, 9.17) is 17.4 Å². The number of carbonyl (C=O) groups is 4. The summed E-state index contributed by atoms with van der Waals surface area (Å²) in [7, 11) is 1.00. The van der Waals surface area contributed by atoms with E-state index in [1.807, 2.05) is 6.07 Å². The smallest absolute Gasteiger partial charge is 0.274 e. The maximum absolute atomic E-state index is 12.3. The fourth-order valence-corrected chi connectivity index (χ4v) is 4.56. The van der Waals surface area contributed by atoms with Crippen molar-refractivity contribution in [3.05, 3.63) is 136 Å². The number of rotatable bonds is 5. The minimum absolute atomic E-state index is 0.0674. The zero-order chi connectivity index (χ0) is 30.2. The second-order valence-electron chi connectivity index (χ2n) is 8.90. The molecule has 4 aromatic rings. The van der Waals surface area contributed by atoms with E-state index in [0.29, 0.717) is 33.5 Å². The highest BCUT2D eigenvalue weighted by Crippen LogP contribution is 2.27. The van der Waals surface area contributed by atoms with Gasteiger partial charge in [0.05, 0.1) is 34.5 Å². The molecular weight excluding hydrogens is 536 g/mol. The summed E-state index contributed by atoms with van der Waals surface area (Å²) in [6.07, 6.45) is 3.16. The van der Waals surface area contributed by atoms with Crippen LogP contribution < -0.4 is 5.73 Å². The highest BCUT2D eigenvalue weighted by atomic mass is 16.2. The Bertz CT molecular complexity index is 1640. The minimum atomic E-state index is -0.328. The van der Waals surface area contributed by atoms with Crippen LogP contribution in [0.5, 0.6) is 0 Å². The van der Waals surface area contributed by atoms with Crippen LogP contribution in [-0.4, -0.2) is 55.6 Å². The highest BCUT2D eigenvalue weighted by molar-refractivity contribution is 6.22. The second-order valence-corrected chi connectivity index (χ2v) is 8.90. The number of aromatic nitrogens is 2. The van der Waals surface area contributed by atoms with Gasteiger partial charge in [0.1, 0.15) is 6.20 Å². The van der Waals surface area contributed by atoms with Crippen molar-refractivity contribution in [2.75, 3.05) is 7.11 Å². The van der Waals surface area contributed by atoms with Crippen LogP contribution in [0.2, 0.25) is 0 Å². The molecule has 6 rings (SSSR count). The molecule has 0 spiro atoms. The molecule has 0 unspecified atom stereocenters. The summed E-state index contributed by atoms with van der Waals surface area (Å²) in [5.74, 6) is -0.977. The number of fused-ring (bicyclic) bond motifs is 2. The van der Waals surface area contributed by atoms with Gasteiger partial charge in [-0.25, -0.2) is 0 Å². The predicted molar refractivity (Wildman–Crippen MR) is 152 cm³/mol. The Labute approximate surface area is 241 Å². The summed E-state index contributed by atoms with van der Waals surface area (Å²) in [4.78, 5) is 62.8. The number of nitrogens with zero attached hydrogens (tertiary/aromatic N) is 5. The first-order chi connectivity index (χ1) is 20.4. The number of amides is 4. The van der Waals surface area contributed by atoms with Crippen molar-refractivity contribution >= 4 is 29.4 Å². The molecule has 42 heavy (non-hydrogen) atoms. The van der Waals surface area contributed by atoms with E-state index in [1.165, 1.54) is 11.1 Å². The lowest BCUT2D eigenvalue weighted by Crippen LogP contribution is -2.29. The summed E-state index contributed by atoms with van der Waals surface area (Å²) >= 11 is 0. The molecule has 0 bridgehead atoms. The Morgan fingerprint density at radius 2 is 1.07 bits per heavy atom. The number of pyridine rings is 2. The molecule has 0 radical (unpaired) electrons. The van der Waals surface area contributed by atoms with Crippen LogP contribution in [0.1, 0.15) is 58.3 Å². The largest absolute Gasteiger partial charge is 0.400 e. The lowest BCUT2D eigenvalue weighted by molar-refractivity contribution is 0.0627. The van der Waals surface area contributed by atoms with Crippen molar-refractivity contribution in [1.29, 1.82) is 0 Å². The summed E-state index contributed by atoms with van der Waals surface area (Å²) < 4.78 is 0. The number of aliphatic hydroxyl groups is 1. The molecule has 0 fully saturated rings. The molecule has 0 saturated heterocycles. The van der Waals surface area contributed by atoms with Gasteiger partial charge in [-0.15, -0.1) is 4.98 Å². The van der Waals surface area contributed by atoms with Gasteiger partial charge in [0.25, 0.3) is 29.4 Å². The molecule has 0 atom stereocenters. The van der Waals surface area contributed by atoms with Crippen LogP contribution in [0.3, 0.4) is 0 Å². The molecule has 11 nitrogen and oxygen atoms in total. The maximum atomic E-state index is 12.3. The van der Waals surface area contributed by atoms with Crippen LogP contribution in [0.15, 0.2) is 85.2 Å². The van der Waals surface area contributed by atoms with Crippen molar-refractivity contribution < 1.29 is 24.3 Å². The van der Waals surface area contributed by atoms with E-state index in [2.05, 4.69) is 14.8 Å². The predicted octanol–water partition coefficient (Wildman–Crippen LogP) is 3.37. The Balaban J connectivity index is 0.000000182. The van der Waals surface area contributed by atoms with E-state index >= 15 is 0 Å². The second kappa shape index (κ2) is 13.2. The Morgan fingerprint density at radius 3 is 1.50 bits per heavy atom. The molecule has 4 amide bonds. The van der Waals surface area contributed by atoms with Crippen LogP contribution in [0.25, 0.3) is 4.85 Å². The molecule has 2 aliphatic heterocycles. The first-order valence-electron chi connectivity index (χ1n) is 12.7. The maximum Gasteiger partial charge on any atom is 0.274 e. The van der Waals surface area contributed by atoms with Gasteiger partial charge in [-0.1, -0.05) is 43.0 Å². The third-order valence-electron chi connectivity index (χ3n) is 6.56. The number of carbonyl (C=O) groups excluding carboxylic acids is 4. The van der Waals surface area contributed by atoms with E-state index in [0.717, 1.165) is 17.6 Å². The van der Waals surface area contributed by atoms with E-state index < -0.39 is 0 Å². The lowest BCUT2D eigenvalue weighted by Gasteiger charge is -2.15. The highest BCUT2D eigenvalue weighted by Gasteiger charge is 2.36. The molecule has 0 aliphatic carbocycles. The first-order valence-corrected chi connectivity index (χ1v) is 12.7. The molecule has 3 N–H and O–H groups in total. The third-order valence-corrected chi connectivity index (χ3v) is 6.56. The average Bonchev–Trinajstić information content (AvgIpc) is 3.43. The van der Waals surface area contributed by atoms with Crippen LogP contribution in [0, 0.1) is 6.57 Å². The lowest BCUT2D eigenvalue weighted by atomic mass is 10.1. The van der Waals surface area contributed by atoms with Crippen molar-refractivity contribution in [1.82, 2.24) is 19.8 Å². The molecule has 0 saturated carbocycles. The molecular formula is C31H26N6O5. The number of benzene rings is 2. The van der Waals surface area contributed by atoms with E-state index in [9.17, 15) is 19.2 Å². The average molecular weight is 563 g/mol. The fourth-order valence-electron chi connectivity index (χ4n) is 4.56. The SMILES string of the molecule is CO.NCc1ncccc1CN1C(=O)c2ccccc2C1=O.[C-]#[N+]c1ncccc1CN1C(=O)c2ccccc2C1=O. The van der Waals surface area contributed by atoms with Crippen molar-refractivity contribution in [2.24, 2.45) is 5.73 Å². The number of aliphatic hydroxyl groups excluding tert-OH is 1. The van der Waals surface area contributed by atoms with E-state index in [1.54, 1.807) is 72.9 Å². The van der Waals surface area contributed by atoms with Crippen molar-refractivity contribution in [3.63, 3.8) is 0 Å². The van der Waals surface area contributed by atoms with Gasteiger partial charge < -0.3 is 15.7 Å². The Hall–Kier alpha value is -5.57. The summed E-state index contributed by atoms with van der Waals surface area (Å²) in [5, 5.41) is 7.00. The van der Waals surface area contributed by atoms with Gasteiger partial charge in [-0.3, -0.25) is 34.0 Å². The van der Waals surface area contributed by atoms with Gasteiger partial charge in [0.15, 0.2) is 0 Å². The van der Waals surface area contributed by atoms with Gasteiger partial charge in [0.2, 0.25) is 0 Å². The third kappa shape index (κ3) is 5.66. The minimum Gasteiger partial charge on any atom is -0.400 e. The zero-order valence-corrected chi connectivity index (χ0v) is 22.6. The van der Waals surface area contributed by atoms with E-state index in [-0.39, 0.29) is 49.1 Å². The summed E-state index contributed by atoms with van der Waals surface area (Å²) in [5.41, 5.74) is 9.41. The Kier molecular flexibility index (Phi) is 9.24. The van der Waals surface area contributed by atoms with Gasteiger partial charge in [0, 0.05) is 26.4 Å². The number of nitrogens with two attached hydrogens (primary N) is 1. The topological polar surface area (TPSA) is 151 Å². The quantitative estimate of drug-likeness (QED) is 0.278. The van der Waals surface area contributed by atoms with Crippen LogP contribution in [-0.2, 0) is 19.6 Å². The molecule has 4 heterocycles. The van der Waals surface area contributed by atoms with Gasteiger partial charge in [-0.05, 0) is 47.5 Å². The normalized spacial score (nSPS) is 13.0. The molecule has 2 aliphatic rings. The summed E-state index contributed by atoms with van der Waals surface area (Å²) in [6.45, 7) is 7.61. The van der Waals surface area contributed by atoms with Gasteiger partial charge >= 0.3 is 0 Å². The molecule has 210 valence electrons. The number of hydrogen-bond donors (Lipinski definition) is 2.